The molecular weight excluding hydrogens is 168 g/mol. The Kier molecular flexibility index (Phi) is 2.18. The van der Waals surface area contributed by atoms with Crippen molar-refractivity contribution in [1.29, 1.82) is 0 Å². The van der Waals surface area contributed by atoms with Gasteiger partial charge in [-0.3, -0.25) is 0 Å². The molecule has 2 fully saturated rings. The topological polar surface area (TPSA) is 27.7 Å². The van der Waals surface area contributed by atoms with Gasteiger partial charge in [-0.2, -0.15) is 0 Å². The Hall–Kier alpha value is -0.380. The van der Waals surface area contributed by atoms with Crippen LogP contribution in [0, 0.1) is 0 Å². The van der Waals surface area contributed by atoms with Crippen LogP contribution in [0.15, 0.2) is 12.2 Å². The fourth-order valence-corrected chi connectivity index (χ4v) is 1.81. The summed E-state index contributed by atoms with van der Waals surface area (Å²) < 4.78 is 16.7. The normalized spacial score (nSPS) is 38.5. The lowest BCUT2D eigenvalue weighted by Crippen LogP contribution is -2.31. The van der Waals surface area contributed by atoms with Gasteiger partial charge in [0.25, 0.3) is 0 Å². The summed E-state index contributed by atoms with van der Waals surface area (Å²) in [7, 11) is 0. The second-order valence-corrected chi connectivity index (χ2v) is 4.07. The van der Waals surface area contributed by atoms with E-state index in [-0.39, 0.29) is 12.2 Å². The van der Waals surface area contributed by atoms with Crippen molar-refractivity contribution in [1.82, 2.24) is 0 Å². The number of ether oxygens (including phenoxy) is 3. The molecule has 0 radical (unpaired) electrons. The van der Waals surface area contributed by atoms with Crippen molar-refractivity contribution in [3.63, 3.8) is 0 Å². The summed E-state index contributed by atoms with van der Waals surface area (Å²) in [5.74, 6) is -0.461. The van der Waals surface area contributed by atoms with E-state index in [1.807, 2.05) is 13.8 Å². The Morgan fingerprint density at radius 3 is 2.69 bits per heavy atom. The van der Waals surface area contributed by atoms with Gasteiger partial charge >= 0.3 is 0 Å². The average Bonchev–Trinajstić information content (AvgIpc) is 2.56. The maximum Gasteiger partial charge on any atom is 0.163 e. The van der Waals surface area contributed by atoms with Crippen LogP contribution in [-0.4, -0.2) is 31.2 Å². The van der Waals surface area contributed by atoms with Crippen LogP contribution in [0.1, 0.15) is 20.3 Å². The van der Waals surface area contributed by atoms with Crippen molar-refractivity contribution >= 4 is 0 Å². The molecule has 0 amide bonds. The van der Waals surface area contributed by atoms with Crippen LogP contribution in [-0.2, 0) is 14.2 Å². The molecule has 2 rings (SSSR count). The summed E-state index contributed by atoms with van der Waals surface area (Å²) in [6.07, 6.45) is 1.03. The van der Waals surface area contributed by atoms with Gasteiger partial charge in [0.1, 0.15) is 12.2 Å². The van der Waals surface area contributed by atoms with E-state index in [4.69, 9.17) is 14.2 Å². The first-order valence-electron chi connectivity index (χ1n) is 4.69. The molecule has 0 spiro atoms. The highest BCUT2D eigenvalue weighted by molar-refractivity contribution is 5.10. The minimum atomic E-state index is -0.461. The van der Waals surface area contributed by atoms with E-state index >= 15 is 0 Å². The van der Waals surface area contributed by atoms with E-state index in [2.05, 4.69) is 6.58 Å². The molecule has 0 bridgehead atoms. The average molecular weight is 184 g/mol. The van der Waals surface area contributed by atoms with E-state index in [1.54, 1.807) is 0 Å². The van der Waals surface area contributed by atoms with E-state index in [0.717, 1.165) is 18.6 Å². The molecule has 74 valence electrons. The molecule has 0 aromatic rings. The number of hydrogen-bond acceptors (Lipinski definition) is 3. The highest BCUT2D eigenvalue weighted by Crippen LogP contribution is 2.31. The van der Waals surface area contributed by atoms with Crippen LogP contribution >= 0.6 is 0 Å². The summed E-state index contributed by atoms with van der Waals surface area (Å²) in [4.78, 5) is 0. The van der Waals surface area contributed by atoms with Crippen molar-refractivity contribution in [3.8, 4) is 0 Å². The first-order valence-corrected chi connectivity index (χ1v) is 4.69. The highest BCUT2D eigenvalue weighted by Gasteiger charge is 2.40. The van der Waals surface area contributed by atoms with Gasteiger partial charge in [0.15, 0.2) is 5.79 Å². The van der Waals surface area contributed by atoms with Crippen LogP contribution in [0.2, 0.25) is 0 Å². The van der Waals surface area contributed by atoms with Crippen molar-refractivity contribution < 1.29 is 14.2 Å². The summed E-state index contributed by atoms with van der Waals surface area (Å²) >= 11 is 0. The lowest BCUT2D eigenvalue weighted by molar-refractivity contribution is -0.149. The number of hydrogen-bond donors (Lipinski definition) is 0. The zero-order valence-electron chi connectivity index (χ0n) is 8.21. The van der Waals surface area contributed by atoms with Crippen molar-refractivity contribution in [2.24, 2.45) is 0 Å². The Labute approximate surface area is 78.7 Å². The van der Waals surface area contributed by atoms with E-state index in [0.29, 0.717) is 6.61 Å². The predicted octanol–water partition coefficient (Wildman–Crippen LogP) is 1.48. The second kappa shape index (κ2) is 3.08. The van der Waals surface area contributed by atoms with Gasteiger partial charge in [0, 0.05) is 0 Å². The zero-order valence-corrected chi connectivity index (χ0v) is 8.21. The monoisotopic (exact) mass is 184 g/mol. The molecule has 2 atom stereocenters. The molecule has 2 heterocycles. The van der Waals surface area contributed by atoms with Gasteiger partial charge in [-0.05, 0) is 25.8 Å². The Bertz CT molecular complexity index is 222. The fraction of sp³-hybridized carbons (Fsp3) is 0.800. The zero-order chi connectivity index (χ0) is 9.47. The SMILES string of the molecule is C=C1CCO[C@@H]1C1COC(C)(C)O1. The molecule has 3 nitrogen and oxygen atoms in total. The Morgan fingerprint density at radius 2 is 2.23 bits per heavy atom. The standard InChI is InChI=1S/C10H16O3/c1-7-4-5-11-9(7)8-6-12-10(2,3)13-8/h8-9H,1,4-6H2,2-3H3/t8?,9-/m0/s1. The maximum absolute atomic E-state index is 5.70. The lowest BCUT2D eigenvalue weighted by Gasteiger charge is -2.20. The molecule has 0 aromatic carbocycles. The Balaban J connectivity index is 1.99. The van der Waals surface area contributed by atoms with Gasteiger partial charge < -0.3 is 14.2 Å². The third kappa shape index (κ3) is 1.77. The first kappa shape index (κ1) is 9.19. The maximum atomic E-state index is 5.70. The third-order valence-corrected chi connectivity index (χ3v) is 2.49. The van der Waals surface area contributed by atoms with Gasteiger partial charge in [0.05, 0.1) is 13.2 Å². The predicted molar refractivity (Wildman–Crippen MR) is 48.4 cm³/mol. The van der Waals surface area contributed by atoms with Gasteiger partial charge in [-0.15, -0.1) is 0 Å². The summed E-state index contributed by atoms with van der Waals surface area (Å²) in [5, 5.41) is 0. The lowest BCUT2D eigenvalue weighted by atomic mass is 10.1. The summed E-state index contributed by atoms with van der Waals surface area (Å²) in [6, 6.07) is 0. The summed E-state index contributed by atoms with van der Waals surface area (Å²) in [6.45, 7) is 9.19. The molecule has 3 heteroatoms. The minimum Gasteiger partial charge on any atom is -0.371 e. The number of rotatable bonds is 1. The third-order valence-electron chi connectivity index (χ3n) is 2.49. The molecule has 1 unspecified atom stereocenters. The quantitative estimate of drug-likeness (QED) is 0.578. The molecule has 0 aliphatic carbocycles. The van der Waals surface area contributed by atoms with E-state index < -0.39 is 5.79 Å². The Morgan fingerprint density at radius 1 is 1.46 bits per heavy atom. The van der Waals surface area contributed by atoms with E-state index in [1.165, 1.54) is 0 Å². The van der Waals surface area contributed by atoms with Gasteiger partial charge in [-0.1, -0.05) is 6.58 Å². The molecule has 2 aliphatic rings. The highest BCUT2D eigenvalue weighted by atomic mass is 16.7. The molecule has 2 aliphatic heterocycles. The smallest absolute Gasteiger partial charge is 0.163 e. The molecule has 13 heavy (non-hydrogen) atoms. The van der Waals surface area contributed by atoms with Crippen LogP contribution in [0.5, 0.6) is 0 Å². The van der Waals surface area contributed by atoms with Crippen LogP contribution < -0.4 is 0 Å². The largest absolute Gasteiger partial charge is 0.371 e. The van der Waals surface area contributed by atoms with Crippen LogP contribution in [0.3, 0.4) is 0 Å². The van der Waals surface area contributed by atoms with Gasteiger partial charge in [-0.25, -0.2) is 0 Å². The fourth-order valence-electron chi connectivity index (χ4n) is 1.81. The first-order chi connectivity index (χ1) is 6.08. The minimum absolute atomic E-state index is 0.0324. The molecule has 0 N–H and O–H groups in total. The van der Waals surface area contributed by atoms with Crippen molar-refractivity contribution in [2.45, 2.75) is 38.3 Å². The van der Waals surface area contributed by atoms with Crippen LogP contribution in [0.25, 0.3) is 0 Å². The molecule has 0 aromatic heterocycles. The molecular formula is C10H16O3. The molecule has 2 saturated heterocycles. The second-order valence-electron chi connectivity index (χ2n) is 4.07. The van der Waals surface area contributed by atoms with Crippen LogP contribution in [0.4, 0.5) is 0 Å². The van der Waals surface area contributed by atoms with Crippen molar-refractivity contribution in [3.05, 3.63) is 12.2 Å². The van der Waals surface area contributed by atoms with E-state index in [9.17, 15) is 0 Å². The summed E-state index contributed by atoms with van der Waals surface area (Å²) in [5.41, 5.74) is 1.13. The van der Waals surface area contributed by atoms with Crippen molar-refractivity contribution in [2.75, 3.05) is 13.2 Å². The van der Waals surface area contributed by atoms with Gasteiger partial charge in [0.2, 0.25) is 0 Å². The molecule has 0 saturated carbocycles.